The second kappa shape index (κ2) is 7.28. The summed E-state index contributed by atoms with van der Waals surface area (Å²) in [5, 5.41) is 6.08. The van der Waals surface area contributed by atoms with Crippen LogP contribution < -0.4 is 15.4 Å². The number of ether oxygens (including phenoxy) is 1. The third-order valence-corrected chi connectivity index (χ3v) is 3.90. The van der Waals surface area contributed by atoms with E-state index in [1.54, 1.807) is 20.2 Å². The van der Waals surface area contributed by atoms with Crippen LogP contribution in [0.1, 0.15) is 18.2 Å². The van der Waals surface area contributed by atoms with Crippen molar-refractivity contribution in [1.82, 2.24) is 4.98 Å². The summed E-state index contributed by atoms with van der Waals surface area (Å²) in [7, 11) is 1.57. The number of thiazole rings is 1. The van der Waals surface area contributed by atoms with Crippen LogP contribution in [0.3, 0.4) is 0 Å². The maximum atomic E-state index is 11.5. The summed E-state index contributed by atoms with van der Waals surface area (Å²) >= 11 is 7.23. The molecule has 0 aliphatic carbocycles. The predicted octanol–water partition coefficient (Wildman–Crippen LogP) is 3.77. The van der Waals surface area contributed by atoms with Crippen LogP contribution in [0.15, 0.2) is 24.4 Å². The van der Waals surface area contributed by atoms with E-state index in [4.69, 9.17) is 16.3 Å². The summed E-state index contributed by atoms with van der Waals surface area (Å²) in [5.41, 5.74) is 1.53. The number of benzene rings is 1. The Labute approximate surface area is 132 Å². The molecule has 1 amide bonds. The molecule has 7 heteroatoms. The number of amides is 1. The van der Waals surface area contributed by atoms with Crippen molar-refractivity contribution >= 4 is 40.2 Å². The van der Waals surface area contributed by atoms with Crippen LogP contribution in [-0.2, 0) is 11.3 Å². The van der Waals surface area contributed by atoms with Crippen LogP contribution >= 0.6 is 22.9 Å². The second-order valence-corrected chi connectivity index (χ2v) is 5.95. The highest BCUT2D eigenvalue weighted by atomic mass is 35.5. The van der Waals surface area contributed by atoms with Gasteiger partial charge in [-0.25, -0.2) is 4.98 Å². The maximum absolute atomic E-state index is 11.5. The second-order valence-electron chi connectivity index (χ2n) is 4.25. The fraction of sp³-hybridized carbons (Fsp3) is 0.286. The minimum absolute atomic E-state index is 0.0558. The Morgan fingerprint density at radius 2 is 2.29 bits per heavy atom. The number of nitrogens with one attached hydrogen (secondary N) is 2. The molecule has 0 fully saturated rings. The number of hydrogen-bond donors (Lipinski definition) is 2. The molecule has 5 nitrogen and oxygen atoms in total. The molecular formula is C14H16ClN3O2S. The van der Waals surface area contributed by atoms with Gasteiger partial charge in [0.1, 0.15) is 5.75 Å². The van der Waals surface area contributed by atoms with Crippen LogP contribution in [0.25, 0.3) is 0 Å². The van der Waals surface area contributed by atoms with Gasteiger partial charge in [0.05, 0.1) is 19.3 Å². The number of aromatic nitrogens is 1. The molecule has 0 bridgehead atoms. The van der Waals surface area contributed by atoms with E-state index < -0.39 is 0 Å². The van der Waals surface area contributed by atoms with Gasteiger partial charge in [0.15, 0.2) is 4.47 Å². The molecule has 112 valence electrons. The van der Waals surface area contributed by atoms with Gasteiger partial charge in [0, 0.05) is 23.2 Å². The molecule has 0 saturated carbocycles. The third-order valence-electron chi connectivity index (χ3n) is 2.79. The number of carbonyl (C=O) groups excluding carboxylic acids is 1. The number of halogens is 1. The molecule has 0 radical (unpaired) electrons. The number of anilines is 2. The zero-order valence-corrected chi connectivity index (χ0v) is 13.3. The third kappa shape index (κ3) is 4.34. The summed E-state index contributed by atoms with van der Waals surface area (Å²) in [6.45, 7) is 2.43. The monoisotopic (exact) mass is 325 g/mol. The van der Waals surface area contributed by atoms with Crippen LogP contribution in [0.5, 0.6) is 5.75 Å². The van der Waals surface area contributed by atoms with Gasteiger partial charge in [-0.05, 0) is 18.2 Å². The normalized spacial score (nSPS) is 10.2. The van der Waals surface area contributed by atoms with E-state index in [2.05, 4.69) is 15.6 Å². The van der Waals surface area contributed by atoms with Gasteiger partial charge < -0.3 is 15.4 Å². The molecule has 21 heavy (non-hydrogen) atoms. The van der Waals surface area contributed by atoms with Gasteiger partial charge >= 0.3 is 0 Å². The summed E-state index contributed by atoms with van der Waals surface area (Å²) in [6, 6.07) is 5.55. The Morgan fingerprint density at radius 3 is 2.90 bits per heavy atom. The SMILES string of the molecule is CCC(=O)Nc1cc(NCc2cnc(Cl)s2)ccc1OC. The van der Waals surface area contributed by atoms with E-state index in [0.29, 0.717) is 28.9 Å². The number of carbonyl (C=O) groups is 1. The van der Waals surface area contributed by atoms with Crippen molar-refractivity contribution < 1.29 is 9.53 Å². The Morgan fingerprint density at radius 1 is 1.48 bits per heavy atom. The smallest absolute Gasteiger partial charge is 0.224 e. The van der Waals surface area contributed by atoms with E-state index in [0.717, 1.165) is 10.6 Å². The molecule has 0 saturated heterocycles. The molecule has 2 N–H and O–H groups in total. The summed E-state index contributed by atoms with van der Waals surface area (Å²) in [5.74, 6) is 0.572. The van der Waals surface area contributed by atoms with Crippen molar-refractivity contribution in [3.63, 3.8) is 0 Å². The molecule has 0 atom stereocenters. The van der Waals surface area contributed by atoms with Gasteiger partial charge in [-0.3, -0.25) is 4.79 Å². The average molecular weight is 326 g/mol. The van der Waals surface area contributed by atoms with Crippen molar-refractivity contribution in [1.29, 1.82) is 0 Å². The van der Waals surface area contributed by atoms with Gasteiger partial charge in [-0.2, -0.15) is 0 Å². The summed E-state index contributed by atoms with van der Waals surface area (Å²) in [6.07, 6.45) is 2.16. The molecule has 1 aromatic carbocycles. The predicted molar refractivity (Wildman–Crippen MR) is 86.4 cm³/mol. The lowest BCUT2D eigenvalue weighted by Crippen LogP contribution is -2.11. The molecule has 1 heterocycles. The first-order chi connectivity index (χ1) is 10.1. The van der Waals surface area contributed by atoms with E-state index in [-0.39, 0.29) is 5.91 Å². The standard InChI is InChI=1S/C14H16ClN3O2S/c1-3-13(19)18-11-6-9(4-5-12(11)20-2)16-7-10-8-17-14(15)21-10/h4-6,8,16H,3,7H2,1-2H3,(H,18,19). The molecule has 2 aromatic rings. The first-order valence-electron chi connectivity index (χ1n) is 6.44. The fourth-order valence-electron chi connectivity index (χ4n) is 1.71. The first kappa shape index (κ1) is 15.6. The van der Waals surface area contributed by atoms with Crippen molar-refractivity contribution in [3.8, 4) is 5.75 Å². The quantitative estimate of drug-likeness (QED) is 0.848. The highest BCUT2D eigenvalue weighted by Crippen LogP contribution is 2.28. The number of nitrogens with zero attached hydrogens (tertiary/aromatic N) is 1. The van der Waals surface area contributed by atoms with E-state index in [1.165, 1.54) is 11.3 Å². The van der Waals surface area contributed by atoms with Gasteiger partial charge in [-0.15, -0.1) is 11.3 Å². The zero-order valence-electron chi connectivity index (χ0n) is 11.8. The van der Waals surface area contributed by atoms with Crippen LogP contribution in [0.4, 0.5) is 11.4 Å². The lowest BCUT2D eigenvalue weighted by molar-refractivity contribution is -0.115. The van der Waals surface area contributed by atoms with Crippen molar-refractivity contribution in [2.75, 3.05) is 17.7 Å². The number of rotatable bonds is 6. The number of hydrogen-bond acceptors (Lipinski definition) is 5. The highest BCUT2D eigenvalue weighted by molar-refractivity contribution is 7.15. The molecule has 0 unspecified atom stereocenters. The number of methoxy groups -OCH3 is 1. The molecule has 0 spiro atoms. The van der Waals surface area contributed by atoms with Crippen LogP contribution in [-0.4, -0.2) is 18.0 Å². The fourth-order valence-corrected chi connectivity index (χ4v) is 2.63. The average Bonchev–Trinajstić information content (AvgIpc) is 2.91. The molecule has 0 aliphatic heterocycles. The molecule has 0 aliphatic rings. The van der Waals surface area contributed by atoms with Crippen LogP contribution in [0, 0.1) is 0 Å². The summed E-state index contributed by atoms with van der Waals surface area (Å²) in [4.78, 5) is 16.6. The largest absolute Gasteiger partial charge is 0.495 e. The van der Waals surface area contributed by atoms with Crippen molar-refractivity contribution in [3.05, 3.63) is 33.7 Å². The van der Waals surface area contributed by atoms with Crippen molar-refractivity contribution in [2.24, 2.45) is 0 Å². The molecular weight excluding hydrogens is 310 g/mol. The van der Waals surface area contributed by atoms with E-state index >= 15 is 0 Å². The first-order valence-corrected chi connectivity index (χ1v) is 7.63. The Bertz CT molecular complexity index is 630. The Hall–Kier alpha value is -1.79. The topological polar surface area (TPSA) is 63.2 Å². The molecule has 2 rings (SSSR count). The van der Waals surface area contributed by atoms with Gasteiger partial charge in [0.25, 0.3) is 0 Å². The molecule has 1 aromatic heterocycles. The van der Waals surface area contributed by atoms with Crippen molar-refractivity contribution in [2.45, 2.75) is 19.9 Å². The van der Waals surface area contributed by atoms with Crippen LogP contribution in [0.2, 0.25) is 4.47 Å². The van der Waals surface area contributed by atoms with E-state index in [1.807, 2.05) is 18.2 Å². The van der Waals surface area contributed by atoms with Gasteiger partial charge in [0.2, 0.25) is 5.91 Å². The lowest BCUT2D eigenvalue weighted by atomic mass is 10.2. The Balaban J connectivity index is 2.09. The highest BCUT2D eigenvalue weighted by Gasteiger charge is 2.08. The van der Waals surface area contributed by atoms with Gasteiger partial charge in [-0.1, -0.05) is 18.5 Å². The zero-order chi connectivity index (χ0) is 15.2. The van der Waals surface area contributed by atoms with E-state index in [9.17, 15) is 4.79 Å². The minimum atomic E-state index is -0.0558. The maximum Gasteiger partial charge on any atom is 0.224 e. The lowest BCUT2D eigenvalue weighted by Gasteiger charge is -2.12. The Kier molecular flexibility index (Phi) is 5.41. The summed E-state index contributed by atoms with van der Waals surface area (Å²) < 4.78 is 5.77. The minimum Gasteiger partial charge on any atom is -0.495 e.